The van der Waals surface area contributed by atoms with E-state index in [0.29, 0.717) is 13.1 Å². The van der Waals surface area contributed by atoms with Gasteiger partial charge in [0.1, 0.15) is 11.3 Å². The predicted octanol–water partition coefficient (Wildman–Crippen LogP) is 2.65. The molecule has 6 nitrogen and oxygen atoms in total. The number of rotatable bonds is 4. The molecule has 2 heterocycles. The number of aryl methyl sites for hydroxylation is 1. The van der Waals surface area contributed by atoms with Crippen LogP contribution in [0.3, 0.4) is 0 Å². The molecule has 0 saturated heterocycles. The third-order valence-corrected chi connectivity index (χ3v) is 3.49. The SMILES string of the molecule is CN=C(NCc1cc2ccccc2o1)NCc1ccnn1C.I. The highest BCUT2D eigenvalue weighted by atomic mass is 127. The normalized spacial score (nSPS) is 11.3. The summed E-state index contributed by atoms with van der Waals surface area (Å²) in [7, 11) is 3.67. The van der Waals surface area contributed by atoms with Crippen molar-refractivity contribution >= 4 is 40.9 Å². The van der Waals surface area contributed by atoms with E-state index in [1.54, 1.807) is 13.2 Å². The van der Waals surface area contributed by atoms with Crippen molar-refractivity contribution in [3.05, 3.63) is 54.0 Å². The van der Waals surface area contributed by atoms with E-state index in [1.807, 2.05) is 48.1 Å². The molecule has 23 heavy (non-hydrogen) atoms. The van der Waals surface area contributed by atoms with Crippen LogP contribution in [-0.2, 0) is 20.1 Å². The second-order valence-electron chi connectivity index (χ2n) is 4.98. The summed E-state index contributed by atoms with van der Waals surface area (Å²) in [5.74, 6) is 1.60. The average molecular weight is 425 g/mol. The number of nitrogens with zero attached hydrogens (tertiary/aromatic N) is 3. The Labute approximate surface area is 152 Å². The van der Waals surface area contributed by atoms with Crippen molar-refractivity contribution in [1.82, 2.24) is 20.4 Å². The molecule has 7 heteroatoms. The number of furan rings is 1. The van der Waals surface area contributed by atoms with E-state index in [2.05, 4.69) is 20.7 Å². The highest BCUT2D eigenvalue weighted by Gasteiger charge is 2.05. The molecule has 0 aliphatic carbocycles. The zero-order chi connectivity index (χ0) is 15.4. The quantitative estimate of drug-likeness (QED) is 0.383. The molecule has 2 N–H and O–H groups in total. The zero-order valence-electron chi connectivity index (χ0n) is 13.1. The molecular formula is C16H20IN5O. The van der Waals surface area contributed by atoms with Gasteiger partial charge < -0.3 is 15.1 Å². The van der Waals surface area contributed by atoms with Gasteiger partial charge in [0, 0.05) is 25.7 Å². The van der Waals surface area contributed by atoms with Crippen LogP contribution in [0.4, 0.5) is 0 Å². The smallest absolute Gasteiger partial charge is 0.191 e. The number of aromatic nitrogens is 2. The van der Waals surface area contributed by atoms with Gasteiger partial charge in [0.05, 0.1) is 18.8 Å². The number of aliphatic imine (C=N–C) groups is 1. The Kier molecular flexibility index (Phi) is 6.03. The van der Waals surface area contributed by atoms with Crippen LogP contribution >= 0.6 is 24.0 Å². The van der Waals surface area contributed by atoms with Crippen LogP contribution in [0.25, 0.3) is 11.0 Å². The summed E-state index contributed by atoms with van der Waals surface area (Å²) in [5.41, 5.74) is 1.99. The monoisotopic (exact) mass is 425 g/mol. The number of guanidine groups is 1. The number of fused-ring (bicyclic) bond motifs is 1. The molecule has 0 atom stereocenters. The summed E-state index contributed by atoms with van der Waals surface area (Å²) in [4.78, 5) is 4.21. The van der Waals surface area contributed by atoms with Crippen LogP contribution in [0.1, 0.15) is 11.5 Å². The third kappa shape index (κ3) is 4.25. The molecule has 3 rings (SSSR count). The molecule has 2 aromatic heterocycles. The van der Waals surface area contributed by atoms with Crippen LogP contribution < -0.4 is 10.6 Å². The minimum Gasteiger partial charge on any atom is -0.459 e. The molecule has 122 valence electrons. The molecule has 3 aromatic rings. The lowest BCUT2D eigenvalue weighted by Crippen LogP contribution is -2.36. The van der Waals surface area contributed by atoms with Gasteiger partial charge >= 0.3 is 0 Å². The van der Waals surface area contributed by atoms with E-state index in [-0.39, 0.29) is 24.0 Å². The minimum absolute atomic E-state index is 0. The molecule has 0 unspecified atom stereocenters. The highest BCUT2D eigenvalue weighted by molar-refractivity contribution is 14.0. The van der Waals surface area contributed by atoms with Crippen molar-refractivity contribution in [2.75, 3.05) is 7.05 Å². The van der Waals surface area contributed by atoms with Crippen LogP contribution in [-0.4, -0.2) is 22.8 Å². The standard InChI is InChI=1S/C16H19N5O.HI/c1-17-16(18-10-13-7-8-20-21(13)2)19-11-14-9-12-5-3-4-6-15(12)22-14;/h3-9H,10-11H2,1-2H3,(H2,17,18,19);1H. The highest BCUT2D eigenvalue weighted by Crippen LogP contribution is 2.18. The molecule has 0 fully saturated rings. The maximum absolute atomic E-state index is 5.77. The maximum Gasteiger partial charge on any atom is 0.191 e. The fourth-order valence-corrected chi connectivity index (χ4v) is 2.26. The lowest BCUT2D eigenvalue weighted by atomic mass is 10.2. The summed E-state index contributed by atoms with van der Waals surface area (Å²) in [6.45, 7) is 1.25. The van der Waals surface area contributed by atoms with Gasteiger partial charge in [-0.05, 0) is 18.2 Å². The van der Waals surface area contributed by atoms with E-state index in [0.717, 1.165) is 28.4 Å². The summed E-state index contributed by atoms with van der Waals surface area (Å²) < 4.78 is 7.61. The summed E-state index contributed by atoms with van der Waals surface area (Å²) in [5, 5.41) is 11.7. The van der Waals surface area contributed by atoms with Crippen LogP contribution in [0.5, 0.6) is 0 Å². The molecule has 0 amide bonds. The largest absolute Gasteiger partial charge is 0.459 e. The maximum atomic E-state index is 5.77. The Morgan fingerprint density at radius 1 is 1.22 bits per heavy atom. The molecule has 0 bridgehead atoms. The number of hydrogen-bond donors (Lipinski definition) is 2. The van der Waals surface area contributed by atoms with Gasteiger partial charge in [-0.3, -0.25) is 9.67 Å². The molecule has 0 saturated carbocycles. The van der Waals surface area contributed by atoms with Crippen molar-refractivity contribution in [3.63, 3.8) is 0 Å². The molecule has 1 aromatic carbocycles. The lowest BCUT2D eigenvalue weighted by Gasteiger charge is -2.10. The Bertz CT molecular complexity index is 759. The number of benzene rings is 1. The first-order valence-electron chi connectivity index (χ1n) is 7.15. The number of nitrogens with one attached hydrogen (secondary N) is 2. The first-order valence-corrected chi connectivity index (χ1v) is 7.15. The number of hydrogen-bond acceptors (Lipinski definition) is 3. The predicted molar refractivity (Wildman–Crippen MR) is 102 cm³/mol. The molecule has 0 spiro atoms. The zero-order valence-corrected chi connectivity index (χ0v) is 15.4. The average Bonchev–Trinajstić information content (AvgIpc) is 3.13. The lowest BCUT2D eigenvalue weighted by molar-refractivity contribution is 0.538. The van der Waals surface area contributed by atoms with Gasteiger partial charge in [-0.25, -0.2) is 0 Å². The van der Waals surface area contributed by atoms with Gasteiger partial charge in [-0.2, -0.15) is 5.10 Å². The van der Waals surface area contributed by atoms with Gasteiger partial charge in [0.2, 0.25) is 0 Å². The second-order valence-corrected chi connectivity index (χ2v) is 4.98. The topological polar surface area (TPSA) is 67.4 Å². The summed E-state index contributed by atoms with van der Waals surface area (Å²) >= 11 is 0. The van der Waals surface area contributed by atoms with Gasteiger partial charge in [-0.1, -0.05) is 18.2 Å². The van der Waals surface area contributed by atoms with E-state index in [4.69, 9.17) is 4.42 Å². The first-order chi connectivity index (χ1) is 10.8. The number of para-hydroxylation sites is 1. The van der Waals surface area contributed by atoms with E-state index in [9.17, 15) is 0 Å². The second kappa shape index (κ2) is 8.00. The molecular weight excluding hydrogens is 405 g/mol. The van der Waals surface area contributed by atoms with Crippen molar-refractivity contribution in [1.29, 1.82) is 0 Å². The summed E-state index contributed by atoms with van der Waals surface area (Å²) in [6, 6.07) is 12.0. The van der Waals surface area contributed by atoms with Crippen molar-refractivity contribution in [2.45, 2.75) is 13.1 Å². The first kappa shape index (κ1) is 17.3. The van der Waals surface area contributed by atoms with Crippen molar-refractivity contribution in [3.8, 4) is 0 Å². The van der Waals surface area contributed by atoms with Crippen LogP contribution in [0.15, 0.2) is 52.0 Å². The minimum atomic E-state index is 0. The number of halogens is 1. The van der Waals surface area contributed by atoms with E-state index >= 15 is 0 Å². The van der Waals surface area contributed by atoms with Gasteiger partial charge in [0.25, 0.3) is 0 Å². The molecule has 0 aliphatic heterocycles. The Balaban J connectivity index is 0.00000192. The Morgan fingerprint density at radius 2 is 2.00 bits per heavy atom. The van der Waals surface area contributed by atoms with E-state index < -0.39 is 0 Å². The van der Waals surface area contributed by atoms with Gasteiger partial charge in [0.15, 0.2) is 5.96 Å². The Hall–Kier alpha value is -2.03. The Morgan fingerprint density at radius 3 is 2.70 bits per heavy atom. The van der Waals surface area contributed by atoms with Gasteiger partial charge in [-0.15, -0.1) is 24.0 Å². The van der Waals surface area contributed by atoms with E-state index in [1.165, 1.54) is 0 Å². The molecule has 0 radical (unpaired) electrons. The van der Waals surface area contributed by atoms with Crippen LogP contribution in [0.2, 0.25) is 0 Å². The summed E-state index contributed by atoms with van der Waals surface area (Å²) in [6.07, 6.45) is 1.78. The fourth-order valence-electron chi connectivity index (χ4n) is 2.26. The van der Waals surface area contributed by atoms with Crippen molar-refractivity contribution < 1.29 is 4.42 Å². The van der Waals surface area contributed by atoms with Crippen LogP contribution in [0, 0.1) is 0 Å². The fraction of sp³-hybridized carbons (Fsp3) is 0.250. The third-order valence-electron chi connectivity index (χ3n) is 3.49. The van der Waals surface area contributed by atoms with Crippen molar-refractivity contribution in [2.24, 2.45) is 12.0 Å². The molecule has 0 aliphatic rings.